The summed E-state index contributed by atoms with van der Waals surface area (Å²) in [6.07, 6.45) is 56.6. The van der Waals surface area contributed by atoms with E-state index in [0.29, 0.717) is 19.3 Å². The van der Waals surface area contributed by atoms with E-state index < -0.39 is 6.10 Å². The highest BCUT2D eigenvalue weighted by Gasteiger charge is 2.19. The Labute approximate surface area is 399 Å². The summed E-state index contributed by atoms with van der Waals surface area (Å²) in [5.41, 5.74) is 0. The standard InChI is InChI=1S/C58H112O6/c1-5-8-10-12-14-16-18-20-22-23-24-25-27-29-31-33-38-42-46-50-57(60)63-53-55(64-58(61)51-47-43-39-35-34-36-40-44-48-54(4)7-3)52-62-56(59)49-45-41-37-32-30-28-26-21-19-17-15-13-11-9-6-2/h54-55H,5-53H2,1-4H3/t54?,55-/m0/s1. The van der Waals surface area contributed by atoms with E-state index in [1.807, 2.05) is 0 Å². The zero-order chi connectivity index (χ0) is 46.7. The fourth-order valence-electron chi connectivity index (χ4n) is 8.89. The second kappa shape index (κ2) is 52.4. The van der Waals surface area contributed by atoms with E-state index in [4.69, 9.17) is 14.2 Å². The smallest absolute Gasteiger partial charge is 0.306 e. The Kier molecular flexibility index (Phi) is 51.1. The van der Waals surface area contributed by atoms with Gasteiger partial charge in [0.15, 0.2) is 6.10 Å². The van der Waals surface area contributed by atoms with Gasteiger partial charge in [-0.3, -0.25) is 14.4 Å². The number of ether oxygens (including phenoxy) is 3. The number of carbonyl (C=O) groups excluding carboxylic acids is 3. The maximum absolute atomic E-state index is 12.8. The van der Waals surface area contributed by atoms with E-state index >= 15 is 0 Å². The van der Waals surface area contributed by atoms with Crippen molar-refractivity contribution >= 4 is 17.9 Å². The zero-order valence-corrected chi connectivity index (χ0v) is 43.8. The van der Waals surface area contributed by atoms with Crippen molar-refractivity contribution in [3.05, 3.63) is 0 Å². The largest absolute Gasteiger partial charge is 0.462 e. The first kappa shape index (κ1) is 62.4. The summed E-state index contributed by atoms with van der Waals surface area (Å²) in [6.45, 7) is 9.06. The predicted octanol–water partition coefficient (Wildman–Crippen LogP) is 19.0. The number of hydrogen-bond donors (Lipinski definition) is 0. The Morgan fingerprint density at radius 1 is 0.312 bits per heavy atom. The number of carbonyl (C=O) groups is 3. The van der Waals surface area contributed by atoms with Gasteiger partial charge in [-0.15, -0.1) is 0 Å². The highest BCUT2D eigenvalue weighted by atomic mass is 16.6. The van der Waals surface area contributed by atoms with Crippen LogP contribution in [0, 0.1) is 5.92 Å². The van der Waals surface area contributed by atoms with E-state index in [1.165, 1.54) is 225 Å². The van der Waals surface area contributed by atoms with Crippen molar-refractivity contribution in [2.24, 2.45) is 5.92 Å². The number of hydrogen-bond acceptors (Lipinski definition) is 6. The highest BCUT2D eigenvalue weighted by molar-refractivity contribution is 5.71. The van der Waals surface area contributed by atoms with Gasteiger partial charge < -0.3 is 14.2 Å². The molecule has 0 aliphatic heterocycles. The fraction of sp³-hybridized carbons (Fsp3) is 0.948. The van der Waals surface area contributed by atoms with E-state index in [9.17, 15) is 14.4 Å². The summed E-state index contributed by atoms with van der Waals surface area (Å²) in [4.78, 5) is 38.1. The van der Waals surface area contributed by atoms with Crippen molar-refractivity contribution in [2.75, 3.05) is 13.2 Å². The molecule has 0 bridgehead atoms. The van der Waals surface area contributed by atoms with Gasteiger partial charge in [0, 0.05) is 19.3 Å². The Morgan fingerprint density at radius 3 is 0.812 bits per heavy atom. The van der Waals surface area contributed by atoms with Crippen molar-refractivity contribution in [2.45, 2.75) is 336 Å². The molecule has 64 heavy (non-hydrogen) atoms. The third kappa shape index (κ3) is 49.8. The van der Waals surface area contributed by atoms with Crippen molar-refractivity contribution in [1.29, 1.82) is 0 Å². The molecule has 0 spiro atoms. The molecule has 6 nitrogen and oxygen atoms in total. The maximum atomic E-state index is 12.8. The van der Waals surface area contributed by atoms with Gasteiger partial charge in [-0.25, -0.2) is 0 Å². The lowest BCUT2D eigenvalue weighted by Gasteiger charge is -2.18. The first-order valence-electron chi connectivity index (χ1n) is 28.9. The van der Waals surface area contributed by atoms with Gasteiger partial charge in [-0.1, -0.05) is 291 Å². The average Bonchev–Trinajstić information content (AvgIpc) is 3.29. The van der Waals surface area contributed by atoms with Crippen LogP contribution in [0.4, 0.5) is 0 Å². The van der Waals surface area contributed by atoms with Gasteiger partial charge in [-0.2, -0.15) is 0 Å². The summed E-state index contributed by atoms with van der Waals surface area (Å²) < 4.78 is 16.9. The minimum atomic E-state index is -0.762. The normalized spacial score (nSPS) is 12.4. The van der Waals surface area contributed by atoms with Crippen LogP contribution in [0.25, 0.3) is 0 Å². The first-order chi connectivity index (χ1) is 31.4. The van der Waals surface area contributed by atoms with Crippen LogP contribution in [0.5, 0.6) is 0 Å². The third-order valence-corrected chi connectivity index (χ3v) is 13.7. The van der Waals surface area contributed by atoms with Crippen LogP contribution in [0.2, 0.25) is 0 Å². The quantitative estimate of drug-likeness (QED) is 0.0344. The third-order valence-electron chi connectivity index (χ3n) is 13.7. The second-order valence-corrected chi connectivity index (χ2v) is 20.2. The molecule has 380 valence electrons. The summed E-state index contributed by atoms with van der Waals surface area (Å²) in [5.74, 6) is 0.00624. The van der Waals surface area contributed by atoms with Crippen molar-refractivity contribution in [1.82, 2.24) is 0 Å². The van der Waals surface area contributed by atoms with E-state index in [0.717, 1.165) is 63.7 Å². The molecule has 6 heteroatoms. The molecule has 0 N–H and O–H groups in total. The fourth-order valence-corrected chi connectivity index (χ4v) is 8.89. The molecule has 0 heterocycles. The van der Waals surface area contributed by atoms with Crippen LogP contribution in [0.1, 0.15) is 329 Å². The number of unbranched alkanes of at least 4 members (excludes halogenated alkanes) is 39. The molecule has 0 aromatic heterocycles. The van der Waals surface area contributed by atoms with Crippen molar-refractivity contribution < 1.29 is 28.6 Å². The summed E-state index contributed by atoms with van der Waals surface area (Å²) in [6, 6.07) is 0. The van der Waals surface area contributed by atoms with Crippen LogP contribution in [0.3, 0.4) is 0 Å². The second-order valence-electron chi connectivity index (χ2n) is 20.2. The van der Waals surface area contributed by atoms with E-state index in [-0.39, 0.29) is 31.1 Å². The van der Waals surface area contributed by atoms with Gasteiger partial charge >= 0.3 is 17.9 Å². The molecule has 0 saturated carbocycles. The maximum Gasteiger partial charge on any atom is 0.306 e. The number of rotatable bonds is 53. The zero-order valence-electron chi connectivity index (χ0n) is 43.8. The van der Waals surface area contributed by atoms with Gasteiger partial charge in [0.1, 0.15) is 13.2 Å². The summed E-state index contributed by atoms with van der Waals surface area (Å²) >= 11 is 0. The molecule has 0 amide bonds. The van der Waals surface area contributed by atoms with Gasteiger partial charge in [0.05, 0.1) is 0 Å². The lowest BCUT2D eigenvalue weighted by molar-refractivity contribution is -0.167. The topological polar surface area (TPSA) is 78.9 Å². The molecule has 0 radical (unpaired) electrons. The van der Waals surface area contributed by atoms with Crippen molar-refractivity contribution in [3.8, 4) is 0 Å². The predicted molar refractivity (Wildman–Crippen MR) is 275 cm³/mol. The van der Waals surface area contributed by atoms with E-state index in [2.05, 4.69) is 27.7 Å². The molecule has 0 aromatic rings. The van der Waals surface area contributed by atoms with Crippen LogP contribution < -0.4 is 0 Å². The van der Waals surface area contributed by atoms with Gasteiger partial charge in [-0.05, 0) is 25.2 Å². The van der Waals surface area contributed by atoms with Crippen molar-refractivity contribution in [3.63, 3.8) is 0 Å². The molecule has 0 saturated heterocycles. The Morgan fingerprint density at radius 2 is 0.547 bits per heavy atom. The van der Waals surface area contributed by atoms with E-state index in [1.54, 1.807) is 0 Å². The first-order valence-corrected chi connectivity index (χ1v) is 28.9. The Balaban J connectivity index is 4.25. The monoisotopic (exact) mass is 905 g/mol. The molecule has 2 atom stereocenters. The molecule has 0 aliphatic carbocycles. The molecule has 0 fully saturated rings. The number of esters is 3. The summed E-state index contributed by atoms with van der Waals surface area (Å²) in [5, 5.41) is 0. The average molecular weight is 906 g/mol. The van der Waals surface area contributed by atoms with Crippen LogP contribution in [-0.4, -0.2) is 37.2 Å². The molecular weight excluding hydrogens is 793 g/mol. The molecule has 1 unspecified atom stereocenters. The lowest BCUT2D eigenvalue weighted by Crippen LogP contribution is -2.30. The minimum absolute atomic E-state index is 0.0625. The van der Waals surface area contributed by atoms with Gasteiger partial charge in [0.2, 0.25) is 0 Å². The summed E-state index contributed by atoms with van der Waals surface area (Å²) in [7, 11) is 0. The van der Waals surface area contributed by atoms with Crippen LogP contribution in [0.15, 0.2) is 0 Å². The minimum Gasteiger partial charge on any atom is -0.462 e. The highest BCUT2D eigenvalue weighted by Crippen LogP contribution is 2.18. The lowest BCUT2D eigenvalue weighted by atomic mass is 9.99. The van der Waals surface area contributed by atoms with Gasteiger partial charge in [0.25, 0.3) is 0 Å². The SMILES string of the molecule is CCCCCCCCCCCCCCCCCCCCCC(=O)OC[C@H](COC(=O)CCCCCCCCCCCCCCCCC)OC(=O)CCCCCCCCCCC(C)CC. The Hall–Kier alpha value is -1.59. The molecular formula is C58H112O6. The molecule has 0 aliphatic rings. The van der Waals surface area contributed by atoms with Crippen LogP contribution >= 0.6 is 0 Å². The Bertz CT molecular complexity index is 966. The van der Waals surface area contributed by atoms with Crippen LogP contribution in [-0.2, 0) is 28.6 Å². The molecule has 0 aromatic carbocycles. The molecule has 0 rings (SSSR count).